The zero-order chi connectivity index (χ0) is 77.0. The van der Waals surface area contributed by atoms with Gasteiger partial charge in [0.1, 0.15) is 11.3 Å². The van der Waals surface area contributed by atoms with Crippen LogP contribution in [-0.2, 0) is 36.5 Å². The summed E-state index contributed by atoms with van der Waals surface area (Å²) >= 11 is 6.34. The SMILES string of the molecule is [C-]#[N+]C(C#N)=C1/C(=C/c2cc3c(s2)-c2sc4c(c2C3(c2ccc(CCCCCC)cc2)c2ccc(CCCCCC)cc2)c2nonc2c2sc3c(c24)C(c2ccc(CCCCCC)cc2)(c2ccc(CCCCCC)cc2)c2cc(/C=C4\C(=O)c5cc(F)c(F)cc5\C4=C(\C#N)[N+]#[C-])sc2-3)C(=O)c2cc(F)c(C)cc21. The van der Waals surface area contributed by atoms with Gasteiger partial charge in [-0.3, -0.25) is 9.59 Å². The van der Waals surface area contributed by atoms with Crippen molar-refractivity contribution in [1.82, 2.24) is 10.3 Å². The molecule has 0 saturated carbocycles. The number of thiophene rings is 4. The molecule has 12 aromatic rings. The van der Waals surface area contributed by atoms with Crippen molar-refractivity contribution in [3.05, 3.63) is 301 Å². The summed E-state index contributed by atoms with van der Waals surface area (Å²) in [5.74, 6) is -4.07. The second-order valence-electron chi connectivity index (χ2n) is 29.9. The number of carbonyl (C=O) groups excluding carboxylic acids is 2. The molecule has 4 aliphatic rings. The van der Waals surface area contributed by atoms with Crippen LogP contribution in [0.4, 0.5) is 13.2 Å². The number of allylic oxidation sites excluding steroid dienone is 6. The van der Waals surface area contributed by atoms with E-state index in [-0.39, 0.29) is 50.2 Å². The number of aryl methyl sites for hydroxylation is 5. The lowest BCUT2D eigenvalue weighted by molar-refractivity contribution is 0.103. The lowest BCUT2D eigenvalue weighted by atomic mass is 9.66. The van der Waals surface area contributed by atoms with Crippen molar-refractivity contribution in [1.29, 1.82) is 10.5 Å². The van der Waals surface area contributed by atoms with Crippen LogP contribution in [0.15, 0.2) is 161 Å². The molecule has 0 spiro atoms. The molecule has 0 radical (unpaired) electrons. The summed E-state index contributed by atoms with van der Waals surface area (Å²) in [4.78, 5) is 42.2. The van der Waals surface area contributed by atoms with Gasteiger partial charge < -0.3 is 0 Å². The predicted molar refractivity (Wildman–Crippen MR) is 445 cm³/mol. The van der Waals surface area contributed by atoms with Gasteiger partial charge in [-0.05, 0) is 189 Å². The molecule has 5 heterocycles. The van der Waals surface area contributed by atoms with E-state index in [0.29, 0.717) is 26.4 Å². The second kappa shape index (κ2) is 30.9. The van der Waals surface area contributed by atoms with Gasteiger partial charge in [0.2, 0.25) is 0 Å². The van der Waals surface area contributed by atoms with E-state index in [2.05, 4.69) is 153 Å². The van der Waals surface area contributed by atoms with Crippen LogP contribution in [0.1, 0.15) is 244 Å². The van der Waals surface area contributed by atoms with Crippen molar-refractivity contribution in [2.24, 2.45) is 0 Å². The molecule has 9 nitrogen and oxygen atoms in total. The number of nitriles is 2. The molecule has 16 heteroatoms. The fourth-order valence-corrected chi connectivity index (χ4v) is 23.2. The number of aromatic nitrogens is 2. The third kappa shape index (κ3) is 12.4. The van der Waals surface area contributed by atoms with E-state index in [1.807, 2.05) is 6.07 Å². The van der Waals surface area contributed by atoms with Crippen LogP contribution in [0.5, 0.6) is 0 Å². The first-order valence-electron chi connectivity index (χ1n) is 38.9. The Hall–Kier alpha value is -10.7. The lowest BCUT2D eigenvalue weighted by Gasteiger charge is -2.34. The van der Waals surface area contributed by atoms with Crippen LogP contribution < -0.4 is 0 Å². The smallest absolute Gasteiger partial charge is 0.270 e. The Labute approximate surface area is 661 Å². The first-order valence-corrected chi connectivity index (χ1v) is 42.2. The van der Waals surface area contributed by atoms with E-state index in [4.69, 9.17) is 28.1 Å². The summed E-state index contributed by atoms with van der Waals surface area (Å²) in [6.45, 7) is 26.9. The molecule has 5 aromatic heterocycles. The van der Waals surface area contributed by atoms with Gasteiger partial charge in [0.25, 0.3) is 11.4 Å². The molecule has 16 rings (SSSR count). The Balaban J connectivity index is 1.01. The van der Waals surface area contributed by atoms with Gasteiger partial charge in [-0.2, -0.15) is 0 Å². The van der Waals surface area contributed by atoms with Crippen LogP contribution in [0, 0.1) is 60.2 Å². The van der Waals surface area contributed by atoms with Crippen molar-refractivity contribution in [2.45, 2.75) is 174 Å². The Morgan fingerprint density at radius 1 is 0.450 bits per heavy atom. The highest BCUT2D eigenvalue weighted by molar-refractivity contribution is 7.30. The number of halogens is 3. The molecule has 0 N–H and O–H groups in total. The molecule has 0 fully saturated rings. The topological polar surface area (TPSA) is 129 Å². The van der Waals surface area contributed by atoms with Crippen LogP contribution in [0.25, 0.3) is 83.7 Å². The molecule has 552 valence electrons. The molecule has 0 atom stereocenters. The Kier molecular flexibility index (Phi) is 20.7. The molecule has 7 aromatic carbocycles. The highest BCUT2D eigenvalue weighted by atomic mass is 32.1. The number of Topliss-reactive ketones (excluding diaryl/α,β-unsaturated/α-hetero) is 2. The number of nitrogens with zero attached hydrogens (tertiary/aromatic N) is 6. The van der Waals surface area contributed by atoms with Gasteiger partial charge in [-0.1, -0.05) is 202 Å². The summed E-state index contributed by atoms with van der Waals surface area (Å²) in [5, 5.41) is 33.0. The quantitative estimate of drug-likeness (QED) is 0.0228. The van der Waals surface area contributed by atoms with Gasteiger partial charge >= 0.3 is 0 Å². The number of hydrogen-bond donors (Lipinski definition) is 0. The Morgan fingerprint density at radius 2 is 0.811 bits per heavy atom. The zero-order valence-electron chi connectivity index (χ0n) is 62.7. The standard InChI is InChI=1S/C95H79F3N6O3S4/c1-8-12-16-20-24-55-28-36-59(37-29-55)94(60-38-30-56(31-39-60)25-21-17-13-9-2)71-47-63(45-69-78(76(52-99)101-6)65-44-54(5)73(96)50-67(65)86(69)105)108-88(71)92-82(94)80-84-85(104-107-103-84)91-81(90(80)110-92)83-93(111-91)89-72(48-64(109-89)46-70-79(77(53-100)102-7)66-49-74(97)75(98)51-68(66)87(70)106)95(83,61-40-32-57(33-41-61)26-22-18-14-10-3)62-42-34-58(35-43-62)27-23-19-15-11-4/h28-51H,8-27H2,1-5H3/b69-45-,70-46-,78-76?,79-77+. The number of rotatable bonds is 26. The summed E-state index contributed by atoms with van der Waals surface area (Å²) < 4.78 is 54.2. The predicted octanol–water partition coefficient (Wildman–Crippen LogP) is 26.6. The van der Waals surface area contributed by atoms with E-state index in [1.54, 1.807) is 47.8 Å². The summed E-state index contributed by atoms with van der Waals surface area (Å²) in [7, 11) is 0. The van der Waals surface area contributed by atoms with Crippen molar-refractivity contribution >= 4 is 111 Å². The van der Waals surface area contributed by atoms with E-state index in [0.717, 1.165) is 225 Å². The van der Waals surface area contributed by atoms with Crippen molar-refractivity contribution in [3.8, 4) is 31.6 Å². The average molecular weight is 1540 g/mol. The Morgan fingerprint density at radius 3 is 1.20 bits per heavy atom. The average Bonchev–Trinajstić information content (AvgIpc) is 1.49. The maximum Gasteiger partial charge on any atom is 0.270 e. The monoisotopic (exact) mass is 1540 g/mol. The highest BCUT2D eigenvalue weighted by Gasteiger charge is 2.54. The highest BCUT2D eigenvalue weighted by Crippen LogP contribution is 2.69. The lowest BCUT2D eigenvalue weighted by Crippen LogP contribution is -2.29. The van der Waals surface area contributed by atoms with E-state index < -0.39 is 45.5 Å². The third-order valence-corrected chi connectivity index (χ3v) is 28.1. The first-order chi connectivity index (χ1) is 54.2. The fraction of sp³-hybridized carbons (Fsp3) is 0.284. The maximum atomic E-state index is 15.7. The molecular weight excluding hydrogens is 1460 g/mol. The summed E-state index contributed by atoms with van der Waals surface area (Å²) in [6, 6.07) is 49.4. The van der Waals surface area contributed by atoms with E-state index in [9.17, 15) is 15.3 Å². The van der Waals surface area contributed by atoms with Crippen LogP contribution in [0.3, 0.4) is 0 Å². The molecule has 0 amide bonds. The minimum absolute atomic E-state index is 0.00806. The van der Waals surface area contributed by atoms with Gasteiger partial charge in [0.15, 0.2) is 28.7 Å². The summed E-state index contributed by atoms with van der Waals surface area (Å²) in [5.41, 5.74) is 12.1. The molecule has 0 aliphatic heterocycles. The van der Waals surface area contributed by atoms with Crippen LogP contribution in [0.2, 0.25) is 0 Å². The van der Waals surface area contributed by atoms with Crippen molar-refractivity contribution < 1.29 is 27.4 Å². The third-order valence-electron chi connectivity index (χ3n) is 23.2. The molecule has 0 unspecified atom stereocenters. The minimum atomic E-state index is -1.21. The van der Waals surface area contributed by atoms with Gasteiger partial charge in [0.05, 0.1) is 60.3 Å². The number of fused-ring (bicyclic) bond motifs is 16. The van der Waals surface area contributed by atoms with Gasteiger partial charge in [-0.15, -0.1) is 45.3 Å². The van der Waals surface area contributed by atoms with E-state index >= 15 is 18.0 Å². The van der Waals surface area contributed by atoms with Gasteiger partial charge in [-0.25, -0.2) is 38.0 Å². The van der Waals surface area contributed by atoms with Crippen LogP contribution >= 0.6 is 45.3 Å². The number of unbranched alkanes of at least 4 members (excludes halogenated alkanes) is 12. The molecular formula is C95H79F3N6O3S4. The minimum Gasteiger partial charge on any atom is -0.289 e. The first kappa shape index (κ1) is 74.4. The maximum absolute atomic E-state index is 15.7. The molecule has 111 heavy (non-hydrogen) atoms. The van der Waals surface area contributed by atoms with Gasteiger partial charge in [0, 0.05) is 69.8 Å². The zero-order valence-corrected chi connectivity index (χ0v) is 65.9. The van der Waals surface area contributed by atoms with Crippen molar-refractivity contribution in [3.63, 3.8) is 0 Å². The molecule has 0 saturated heterocycles. The fourth-order valence-electron chi connectivity index (χ4n) is 17.7. The van der Waals surface area contributed by atoms with E-state index in [1.165, 1.54) is 51.0 Å². The molecule has 4 aliphatic carbocycles. The Bertz CT molecular complexity index is 5960. The summed E-state index contributed by atoms with van der Waals surface area (Å²) in [6.07, 6.45) is 24.9. The number of ketones is 2. The largest absolute Gasteiger partial charge is 0.289 e. The van der Waals surface area contributed by atoms with Crippen LogP contribution in [-0.4, -0.2) is 21.9 Å². The number of hydrogen-bond acceptors (Lipinski definition) is 11. The van der Waals surface area contributed by atoms with Crippen molar-refractivity contribution in [2.75, 3.05) is 0 Å². The normalized spacial score (nSPS) is 15.8. The second-order valence-corrected chi connectivity index (χ2v) is 34.1. The number of benzene rings is 7. The number of carbonyl (C=O) groups is 2. The molecule has 0 bridgehead atoms.